The Morgan fingerprint density at radius 3 is 2.73 bits per heavy atom. The number of hydrogen-bond donors (Lipinski definition) is 3. The molecule has 1 aromatic rings. The molecule has 0 spiro atoms. The van der Waals surface area contributed by atoms with Crippen LogP contribution in [0.3, 0.4) is 0 Å². The second kappa shape index (κ2) is 10.5. The Balaban J connectivity index is 0.00000243. The van der Waals surface area contributed by atoms with Crippen molar-refractivity contribution in [3.63, 3.8) is 0 Å². The normalized spacial score (nSPS) is 27.2. The molecule has 148 valence electrons. The van der Waals surface area contributed by atoms with Crippen molar-refractivity contribution >= 4 is 29.9 Å². The maximum absolute atomic E-state index is 10.4. The Bertz CT molecular complexity index is 543. The summed E-state index contributed by atoms with van der Waals surface area (Å²) >= 11 is 0. The molecule has 3 N–H and O–H groups in total. The van der Waals surface area contributed by atoms with Crippen LogP contribution in [0.15, 0.2) is 27.8 Å². The van der Waals surface area contributed by atoms with Gasteiger partial charge in [0.25, 0.3) is 0 Å². The van der Waals surface area contributed by atoms with E-state index < -0.39 is 0 Å². The average molecular weight is 475 g/mol. The van der Waals surface area contributed by atoms with Crippen LogP contribution in [-0.4, -0.2) is 36.3 Å². The zero-order valence-corrected chi connectivity index (χ0v) is 18.2. The molecule has 1 aromatic heterocycles. The van der Waals surface area contributed by atoms with Crippen molar-refractivity contribution in [3.8, 4) is 0 Å². The highest BCUT2D eigenvalue weighted by Crippen LogP contribution is 2.36. The first-order valence-electron chi connectivity index (χ1n) is 9.91. The van der Waals surface area contributed by atoms with Gasteiger partial charge in [-0.2, -0.15) is 0 Å². The largest absolute Gasteiger partial charge is 0.469 e. The van der Waals surface area contributed by atoms with Crippen LogP contribution in [0.4, 0.5) is 0 Å². The third-order valence-electron chi connectivity index (χ3n) is 5.82. The quantitative estimate of drug-likeness (QED) is 0.332. The van der Waals surface area contributed by atoms with Crippen LogP contribution in [0.25, 0.3) is 0 Å². The van der Waals surface area contributed by atoms with Crippen molar-refractivity contribution in [1.82, 2.24) is 10.6 Å². The van der Waals surface area contributed by atoms with Crippen molar-refractivity contribution in [2.45, 2.75) is 76.9 Å². The minimum Gasteiger partial charge on any atom is -0.469 e. The van der Waals surface area contributed by atoms with E-state index in [4.69, 9.17) is 9.41 Å². The van der Waals surface area contributed by atoms with Crippen LogP contribution in [0.5, 0.6) is 0 Å². The summed E-state index contributed by atoms with van der Waals surface area (Å²) in [4.78, 5) is 4.86. The van der Waals surface area contributed by atoms with Gasteiger partial charge in [0.1, 0.15) is 5.76 Å². The highest BCUT2D eigenvalue weighted by Gasteiger charge is 2.35. The summed E-state index contributed by atoms with van der Waals surface area (Å²) in [5.41, 5.74) is -0.0937. The number of nitrogens with zero attached hydrogens (tertiary/aromatic N) is 1. The van der Waals surface area contributed by atoms with E-state index in [1.165, 1.54) is 32.1 Å². The molecule has 2 fully saturated rings. The fourth-order valence-electron chi connectivity index (χ4n) is 4.00. The van der Waals surface area contributed by atoms with Crippen LogP contribution in [-0.2, 0) is 6.42 Å². The summed E-state index contributed by atoms with van der Waals surface area (Å²) in [6.45, 7) is 3.65. The first kappa shape index (κ1) is 21.5. The predicted octanol–water partition coefficient (Wildman–Crippen LogP) is 3.86. The van der Waals surface area contributed by atoms with E-state index in [1.807, 2.05) is 12.1 Å². The van der Waals surface area contributed by atoms with Gasteiger partial charge in [-0.05, 0) is 37.8 Å². The Hall–Kier alpha value is -0.760. The third-order valence-corrected chi connectivity index (χ3v) is 5.82. The van der Waals surface area contributed by atoms with Crippen molar-refractivity contribution in [2.24, 2.45) is 10.4 Å². The van der Waals surface area contributed by atoms with Crippen molar-refractivity contribution < 1.29 is 9.52 Å². The highest BCUT2D eigenvalue weighted by atomic mass is 127. The molecular formula is C20H34IN3O2. The molecule has 0 radical (unpaired) electrons. The third kappa shape index (κ3) is 6.15. The number of aliphatic imine (C=N–C) groups is 1. The van der Waals surface area contributed by atoms with E-state index in [-0.39, 0.29) is 35.5 Å². The molecule has 5 nitrogen and oxygen atoms in total. The molecule has 2 atom stereocenters. The summed E-state index contributed by atoms with van der Waals surface area (Å²) in [7, 11) is 0. The summed E-state index contributed by atoms with van der Waals surface area (Å²) in [5.74, 6) is 1.87. The SMILES string of the molecule is CC1(CN=C(NCCc2ccco2)NC2CCCC2)CCCCC1O.I. The molecule has 6 heteroatoms. The number of hydrogen-bond acceptors (Lipinski definition) is 3. The summed E-state index contributed by atoms with van der Waals surface area (Å²) in [6.07, 6.45) is 11.7. The van der Waals surface area contributed by atoms with Gasteiger partial charge in [-0.25, -0.2) is 0 Å². The van der Waals surface area contributed by atoms with Crippen LogP contribution in [0.2, 0.25) is 0 Å². The van der Waals surface area contributed by atoms with Gasteiger partial charge in [-0.3, -0.25) is 4.99 Å². The second-order valence-corrected chi connectivity index (χ2v) is 7.96. The van der Waals surface area contributed by atoms with E-state index in [9.17, 15) is 5.11 Å². The molecule has 2 saturated carbocycles. The van der Waals surface area contributed by atoms with Gasteiger partial charge in [0, 0.05) is 24.4 Å². The van der Waals surface area contributed by atoms with Gasteiger partial charge < -0.3 is 20.2 Å². The van der Waals surface area contributed by atoms with Crippen LogP contribution in [0, 0.1) is 5.41 Å². The molecule has 2 aliphatic rings. The smallest absolute Gasteiger partial charge is 0.191 e. The van der Waals surface area contributed by atoms with Gasteiger partial charge in [0.15, 0.2) is 5.96 Å². The first-order valence-corrected chi connectivity index (χ1v) is 9.91. The highest BCUT2D eigenvalue weighted by molar-refractivity contribution is 14.0. The number of nitrogens with one attached hydrogen (secondary N) is 2. The van der Waals surface area contributed by atoms with E-state index in [1.54, 1.807) is 6.26 Å². The van der Waals surface area contributed by atoms with Crippen LogP contribution < -0.4 is 10.6 Å². The monoisotopic (exact) mass is 475 g/mol. The van der Waals surface area contributed by atoms with E-state index in [0.717, 1.165) is 43.9 Å². The van der Waals surface area contributed by atoms with Crippen LogP contribution >= 0.6 is 24.0 Å². The molecular weight excluding hydrogens is 441 g/mol. The fraction of sp³-hybridized carbons (Fsp3) is 0.750. The zero-order valence-electron chi connectivity index (χ0n) is 15.9. The molecule has 3 rings (SSSR count). The molecule has 1 heterocycles. The van der Waals surface area contributed by atoms with Crippen molar-refractivity contribution in [1.29, 1.82) is 0 Å². The van der Waals surface area contributed by atoms with Gasteiger partial charge in [-0.15, -0.1) is 24.0 Å². The van der Waals surface area contributed by atoms with Crippen molar-refractivity contribution in [2.75, 3.05) is 13.1 Å². The lowest BCUT2D eigenvalue weighted by molar-refractivity contribution is 0.00715. The molecule has 2 unspecified atom stereocenters. The molecule has 2 aliphatic carbocycles. The topological polar surface area (TPSA) is 69.8 Å². The number of aliphatic hydroxyl groups is 1. The number of guanidine groups is 1. The summed E-state index contributed by atoms with van der Waals surface area (Å²) in [5, 5.41) is 17.5. The minimum absolute atomic E-state index is 0. The van der Waals surface area contributed by atoms with E-state index in [0.29, 0.717) is 12.6 Å². The number of halogens is 1. The minimum atomic E-state index is -0.235. The fourth-order valence-corrected chi connectivity index (χ4v) is 4.00. The van der Waals surface area contributed by atoms with Crippen molar-refractivity contribution in [3.05, 3.63) is 24.2 Å². The number of rotatable bonds is 6. The maximum atomic E-state index is 10.4. The summed E-state index contributed by atoms with van der Waals surface area (Å²) < 4.78 is 5.40. The standard InChI is InChI=1S/C20H33N3O2.HI/c1-20(12-5-4-10-18(20)24)15-22-19(23-16-7-2-3-8-16)21-13-11-17-9-6-14-25-17;/h6,9,14,16,18,24H,2-5,7-8,10-13,15H2,1H3,(H2,21,22,23);1H. The Morgan fingerprint density at radius 2 is 2.04 bits per heavy atom. The molecule has 26 heavy (non-hydrogen) atoms. The Kier molecular flexibility index (Phi) is 8.73. The summed E-state index contributed by atoms with van der Waals surface area (Å²) in [6, 6.07) is 4.45. The predicted molar refractivity (Wildman–Crippen MR) is 116 cm³/mol. The molecule has 0 aromatic carbocycles. The lowest BCUT2D eigenvalue weighted by Gasteiger charge is -2.37. The molecule has 0 aliphatic heterocycles. The van der Waals surface area contributed by atoms with Gasteiger partial charge in [0.2, 0.25) is 0 Å². The van der Waals surface area contributed by atoms with Gasteiger partial charge in [-0.1, -0.05) is 32.6 Å². The first-order chi connectivity index (χ1) is 12.2. The maximum Gasteiger partial charge on any atom is 0.191 e. The van der Waals surface area contributed by atoms with E-state index in [2.05, 4.69) is 17.6 Å². The molecule has 0 bridgehead atoms. The zero-order chi connectivity index (χ0) is 17.5. The van der Waals surface area contributed by atoms with Gasteiger partial charge >= 0.3 is 0 Å². The second-order valence-electron chi connectivity index (χ2n) is 7.96. The van der Waals surface area contributed by atoms with Gasteiger partial charge in [0.05, 0.1) is 18.9 Å². The number of furan rings is 1. The molecule has 0 saturated heterocycles. The van der Waals surface area contributed by atoms with E-state index >= 15 is 0 Å². The number of aliphatic hydroxyl groups excluding tert-OH is 1. The Morgan fingerprint density at radius 1 is 1.27 bits per heavy atom. The lowest BCUT2D eigenvalue weighted by Crippen LogP contribution is -2.45. The molecule has 0 amide bonds. The van der Waals surface area contributed by atoms with Crippen LogP contribution in [0.1, 0.15) is 64.1 Å². The average Bonchev–Trinajstić information content (AvgIpc) is 3.29. The lowest BCUT2D eigenvalue weighted by atomic mass is 9.73. The Labute approximate surface area is 174 Å².